The van der Waals surface area contributed by atoms with Crippen LogP contribution in [-0.2, 0) is 27.9 Å². The Balaban J connectivity index is 1.27. The van der Waals surface area contributed by atoms with Crippen molar-refractivity contribution in [3.63, 3.8) is 0 Å². The van der Waals surface area contributed by atoms with Gasteiger partial charge in [-0.2, -0.15) is 5.26 Å². The van der Waals surface area contributed by atoms with Crippen LogP contribution in [0.1, 0.15) is 80.0 Å². The quantitative estimate of drug-likeness (QED) is 0.169. The van der Waals surface area contributed by atoms with Crippen molar-refractivity contribution in [3.05, 3.63) is 80.0 Å². The minimum absolute atomic E-state index is 0.00351. The maximum absolute atomic E-state index is 12.1. The molecule has 2 bridgehead atoms. The monoisotopic (exact) mass is 779 g/mol. The molecule has 12 nitrogen and oxygen atoms in total. The van der Waals surface area contributed by atoms with Crippen LogP contribution in [0.3, 0.4) is 0 Å². The number of rotatable bonds is 8. The first kappa shape index (κ1) is 37.1. The van der Waals surface area contributed by atoms with E-state index in [-0.39, 0.29) is 55.2 Å². The number of aromatic amines is 1. The number of carbonyl (C=O) groups is 1. The molecule has 6 heterocycles. The second kappa shape index (κ2) is 13.6. The molecule has 3 aromatic carbocycles. The van der Waals surface area contributed by atoms with Crippen molar-refractivity contribution >= 4 is 29.1 Å². The Kier molecular flexibility index (Phi) is 9.02. The van der Waals surface area contributed by atoms with E-state index in [0.29, 0.717) is 42.3 Å². The van der Waals surface area contributed by atoms with Crippen molar-refractivity contribution in [2.45, 2.75) is 94.5 Å². The Morgan fingerprint density at radius 1 is 1.11 bits per heavy atom. The summed E-state index contributed by atoms with van der Waals surface area (Å²) < 4.78 is 23.9. The smallest absolute Gasteiger partial charge is 0.293 e. The number of fused-ring (bicyclic) bond motifs is 12. The van der Waals surface area contributed by atoms with Gasteiger partial charge in [-0.15, -0.1) is 11.8 Å². The van der Waals surface area contributed by atoms with Gasteiger partial charge in [-0.05, 0) is 100 Å². The first-order valence-corrected chi connectivity index (χ1v) is 20.4. The molecule has 13 heteroatoms. The van der Waals surface area contributed by atoms with E-state index in [2.05, 4.69) is 85.2 Å². The number of ether oxygens (including phenoxy) is 4. The van der Waals surface area contributed by atoms with Crippen molar-refractivity contribution in [1.29, 1.82) is 5.26 Å². The third-order valence-electron chi connectivity index (χ3n) is 13.4. The number of benzene rings is 3. The van der Waals surface area contributed by atoms with E-state index in [4.69, 9.17) is 18.9 Å². The largest absolute Gasteiger partial charge is 0.504 e. The van der Waals surface area contributed by atoms with Gasteiger partial charge < -0.3 is 39.5 Å². The van der Waals surface area contributed by atoms with Gasteiger partial charge in [0, 0.05) is 56.9 Å². The number of methoxy groups -OCH3 is 1. The topological polar surface area (TPSA) is 153 Å². The maximum Gasteiger partial charge on any atom is 0.293 e. The molecule has 5 aliphatic rings. The van der Waals surface area contributed by atoms with Crippen LogP contribution in [-0.4, -0.2) is 95.6 Å². The predicted molar refractivity (Wildman–Crippen MR) is 213 cm³/mol. The van der Waals surface area contributed by atoms with E-state index in [9.17, 15) is 20.3 Å². The summed E-state index contributed by atoms with van der Waals surface area (Å²) in [6, 6.07) is 9.06. The number of aliphatic hydroxyl groups excluding tert-OH is 1. The van der Waals surface area contributed by atoms with Gasteiger partial charge in [0.05, 0.1) is 37.4 Å². The summed E-state index contributed by atoms with van der Waals surface area (Å²) in [6.45, 7) is 11.0. The number of hydrogen-bond acceptors (Lipinski definition) is 12. The molecule has 4 N–H and O–H groups in total. The fraction of sp³-hybridized carbons (Fsp3) is 0.488. The van der Waals surface area contributed by atoms with E-state index in [0.717, 1.165) is 50.2 Å². The maximum atomic E-state index is 12.1. The number of phenols is 1. The standard InChI is InChI=1S/C43H49N5O7S/c1-20-8-9-28-26(10-20)27-13-25(15-49)46-43(5,42(27)45-28)17-56-41-32-22(3)23(4)39-40(55-19-54-39)34(32)31(16-53-18-50)48-30(14-44)29-12-24-11-21(2)38(52-7)37(51)33(24)35(36(41)48)47(29)6/h8-11,18,25,29-31,35-36,41,45-46,49,51H,12-13,15-17,19H2,1-7H3/t25-,29+,30+,31+,35-,36-,41-,43-/m1/s1. The summed E-state index contributed by atoms with van der Waals surface area (Å²) in [5.74, 6) is 2.47. The lowest BCUT2D eigenvalue weighted by molar-refractivity contribution is -0.134. The van der Waals surface area contributed by atoms with E-state index < -0.39 is 17.6 Å². The molecule has 0 aliphatic carbocycles. The lowest BCUT2D eigenvalue weighted by Gasteiger charge is -2.62. The minimum Gasteiger partial charge on any atom is -0.504 e. The first-order chi connectivity index (χ1) is 27.0. The number of aromatic hydroxyl groups is 1. The highest BCUT2D eigenvalue weighted by Gasteiger charge is 2.60. The molecule has 0 spiro atoms. The fourth-order valence-electron chi connectivity index (χ4n) is 10.9. The number of H-pyrrole nitrogens is 1. The lowest BCUT2D eigenvalue weighted by atomic mass is 9.71. The van der Waals surface area contributed by atoms with Gasteiger partial charge in [-0.25, -0.2) is 0 Å². The number of aryl methyl sites for hydroxylation is 2. The number of aliphatic hydroxyl groups is 1. The molecular formula is C43H49N5O7S. The van der Waals surface area contributed by atoms with Gasteiger partial charge in [-0.3, -0.25) is 14.6 Å². The van der Waals surface area contributed by atoms with E-state index in [1.54, 1.807) is 18.9 Å². The molecule has 0 saturated carbocycles. The second-order valence-corrected chi connectivity index (χ2v) is 17.6. The van der Waals surface area contributed by atoms with Crippen LogP contribution in [0.25, 0.3) is 10.9 Å². The number of nitriles is 1. The van der Waals surface area contributed by atoms with Crippen molar-refractivity contribution in [1.82, 2.24) is 20.1 Å². The van der Waals surface area contributed by atoms with Crippen molar-refractivity contribution in [2.24, 2.45) is 0 Å². The van der Waals surface area contributed by atoms with Gasteiger partial charge in [-0.1, -0.05) is 17.7 Å². The summed E-state index contributed by atoms with van der Waals surface area (Å²) in [5.41, 5.74) is 10.6. The average molecular weight is 780 g/mol. The molecule has 1 fully saturated rings. The lowest BCUT2D eigenvalue weighted by Crippen LogP contribution is -2.69. The Morgan fingerprint density at radius 3 is 2.62 bits per heavy atom. The van der Waals surface area contributed by atoms with E-state index in [1.807, 2.05) is 6.92 Å². The van der Waals surface area contributed by atoms with Gasteiger partial charge >= 0.3 is 0 Å². The molecule has 4 aromatic rings. The number of piperazine rings is 1. The molecule has 8 atom stereocenters. The number of nitrogens with zero attached hydrogens (tertiary/aromatic N) is 3. The molecule has 0 radical (unpaired) electrons. The Morgan fingerprint density at radius 2 is 1.89 bits per heavy atom. The third kappa shape index (κ3) is 5.22. The van der Waals surface area contributed by atoms with E-state index in [1.165, 1.54) is 16.5 Å². The van der Waals surface area contributed by atoms with Crippen LogP contribution < -0.4 is 19.5 Å². The number of aromatic nitrogens is 1. The highest BCUT2D eigenvalue weighted by Crippen LogP contribution is 2.62. The van der Waals surface area contributed by atoms with Crippen LogP contribution in [0, 0.1) is 39.0 Å². The summed E-state index contributed by atoms with van der Waals surface area (Å²) in [4.78, 5) is 20.3. The zero-order valence-electron chi connectivity index (χ0n) is 32.9. The van der Waals surface area contributed by atoms with Crippen LogP contribution in [0.15, 0.2) is 24.3 Å². The third-order valence-corrected chi connectivity index (χ3v) is 15.0. The summed E-state index contributed by atoms with van der Waals surface area (Å²) in [7, 11) is 3.64. The van der Waals surface area contributed by atoms with Crippen LogP contribution in [0.2, 0.25) is 0 Å². The molecule has 9 rings (SSSR count). The predicted octanol–water partition coefficient (Wildman–Crippen LogP) is 5.44. The fourth-order valence-corrected chi connectivity index (χ4v) is 12.6. The van der Waals surface area contributed by atoms with Gasteiger partial charge in [0.15, 0.2) is 23.0 Å². The van der Waals surface area contributed by atoms with Crippen LogP contribution in [0.5, 0.6) is 23.0 Å². The van der Waals surface area contributed by atoms with Gasteiger partial charge in [0.25, 0.3) is 6.47 Å². The van der Waals surface area contributed by atoms with E-state index >= 15 is 0 Å². The number of carbonyl (C=O) groups excluding carboxylic acids is 1. The van der Waals surface area contributed by atoms with Crippen LogP contribution in [0.4, 0.5) is 0 Å². The Bertz CT molecular complexity index is 2320. The van der Waals surface area contributed by atoms with Gasteiger partial charge in [0.2, 0.25) is 6.79 Å². The second-order valence-electron chi connectivity index (χ2n) is 16.4. The first-order valence-electron chi connectivity index (χ1n) is 19.3. The molecule has 294 valence electrons. The minimum atomic E-state index is -0.597. The van der Waals surface area contributed by atoms with Gasteiger partial charge in [0.1, 0.15) is 12.6 Å². The number of likely N-dealkylation sites (N-methyl/N-ethyl adjacent to an activating group) is 1. The number of nitrogens with one attached hydrogen (secondary N) is 2. The highest BCUT2D eigenvalue weighted by molar-refractivity contribution is 7.99. The Labute approximate surface area is 331 Å². The van der Waals surface area contributed by atoms with Crippen molar-refractivity contribution in [2.75, 3.05) is 39.9 Å². The number of thioether (sulfide) groups is 1. The van der Waals surface area contributed by atoms with Crippen LogP contribution >= 0.6 is 11.8 Å². The van der Waals surface area contributed by atoms with Crippen molar-refractivity contribution < 1.29 is 34.0 Å². The van der Waals surface area contributed by atoms with Crippen molar-refractivity contribution in [3.8, 4) is 29.1 Å². The summed E-state index contributed by atoms with van der Waals surface area (Å²) in [5, 5.41) is 38.7. The summed E-state index contributed by atoms with van der Waals surface area (Å²) >= 11 is 1.81. The zero-order valence-corrected chi connectivity index (χ0v) is 33.7. The molecule has 1 aromatic heterocycles. The average Bonchev–Trinajstić information content (AvgIpc) is 3.82. The SMILES string of the molecule is COc1c(C)cc2c(c1O)[C@@H]1[C@@H]3[C@H](SC[C@@]4(C)N[C@@H](CO)Cc5c4[nH]c4ccc(C)cc54)c4c(C)c(C)c5c(c4[C@H](COC=O)N3[C@@H](C#N)[C@H](C2)N1C)OCO5. The summed E-state index contributed by atoms with van der Waals surface area (Å²) in [6.07, 6.45) is 1.25. The molecule has 0 amide bonds. The molecule has 56 heavy (non-hydrogen) atoms. The number of phenolic OH excluding ortho intramolecular Hbond substituents is 1. The normalized spacial score (nSPS) is 28.9. The Hall–Kier alpha value is -4.45. The molecular weight excluding hydrogens is 731 g/mol. The molecule has 1 saturated heterocycles. The number of hydrogen-bond donors (Lipinski definition) is 4. The molecule has 5 aliphatic heterocycles. The molecule has 0 unspecified atom stereocenters. The zero-order chi connectivity index (χ0) is 39.4. The highest BCUT2D eigenvalue weighted by atomic mass is 32.2.